The molecular formula is C20H31ClO5. The molecule has 0 aromatic carbocycles. The molecule has 0 aromatic rings. The summed E-state index contributed by atoms with van der Waals surface area (Å²) in [5, 5.41) is 29.1. The summed E-state index contributed by atoms with van der Waals surface area (Å²) in [6.07, 6.45) is 13.6. The Bertz CT molecular complexity index is 487. The molecule has 0 saturated heterocycles. The van der Waals surface area contributed by atoms with E-state index in [4.69, 9.17) is 21.4 Å². The molecule has 2 saturated carbocycles. The van der Waals surface area contributed by atoms with Gasteiger partial charge in [0.2, 0.25) is 0 Å². The van der Waals surface area contributed by atoms with E-state index < -0.39 is 18.2 Å². The third kappa shape index (κ3) is 6.69. The predicted molar refractivity (Wildman–Crippen MR) is 101 cm³/mol. The highest BCUT2D eigenvalue weighted by molar-refractivity contribution is 6.21. The molecule has 2 rings (SSSR count). The van der Waals surface area contributed by atoms with Gasteiger partial charge in [0.15, 0.2) is 0 Å². The Labute approximate surface area is 160 Å². The van der Waals surface area contributed by atoms with Crippen molar-refractivity contribution in [1.82, 2.24) is 0 Å². The van der Waals surface area contributed by atoms with E-state index in [1.54, 1.807) is 6.08 Å². The molecule has 2 aliphatic carbocycles. The molecule has 0 bridgehead atoms. The minimum absolute atomic E-state index is 0.0691. The highest BCUT2D eigenvalue weighted by atomic mass is 35.5. The van der Waals surface area contributed by atoms with Crippen LogP contribution in [0, 0.1) is 17.8 Å². The Kier molecular flexibility index (Phi) is 9.12. The van der Waals surface area contributed by atoms with Crippen molar-refractivity contribution in [3.63, 3.8) is 0 Å². The Morgan fingerprint density at radius 3 is 2.65 bits per heavy atom. The van der Waals surface area contributed by atoms with Crippen LogP contribution in [0.25, 0.3) is 0 Å². The third-order valence-corrected chi connectivity index (χ3v) is 6.05. The van der Waals surface area contributed by atoms with E-state index >= 15 is 0 Å². The van der Waals surface area contributed by atoms with Gasteiger partial charge in [0.05, 0.1) is 18.8 Å². The standard InChI is InChI=1S/C20H31ClO5/c21-17-12-19(23)16(9-10-18(22)14-6-2-1-3-7-14)15(17)8-4-5-11-26-13-20(24)25/h4-5,9-10,14-19,22-23H,1-3,6-8,11-13H2,(H,24,25)/b5-4-,10-9+/t15-,16-,17+,18?,19-/m1/s1. The van der Waals surface area contributed by atoms with E-state index in [1.165, 1.54) is 19.3 Å². The first-order chi connectivity index (χ1) is 12.5. The first kappa shape index (κ1) is 21.4. The van der Waals surface area contributed by atoms with E-state index in [0.717, 1.165) is 12.8 Å². The monoisotopic (exact) mass is 386 g/mol. The Hall–Kier alpha value is -0.880. The number of alkyl halides is 1. The van der Waals surface area contributed by atoms with Crippen LogP contribution >= 0.6 is 11.6 Å². The summed E-state index contributed by atoms with van der Waals surface area (Å²) in [5.74, 6) is -0.632. The summed E-state index contributed by atoms with van der Waals surface area (Å²) in [7, 11) is 0. The normalized spacial score (nSPS) is 31.8. The quantitative estimate of drug-likeness (QED) is 0.322. The number of rotatable bonds is 9. The molecule has 0 aromatic heterocycles. The van der Waals surface area contributed by atoms with Gasteiger partial charge in [-0.05, 0) is 37.5 Å². The zero-order valence-electron chi connectivity index (χ0n) is 15.2. The summed E-state index contributed by atoms with van der Waals surface area (Å²) >= 11 is 6.41. The number of carboxylic acid groups (broad SMARTS) is 1. The number of aliphatic hydroxyl groups is 2. The van der Waals surface area contributed by atoms with Crippen molar-refractivity contribution in [3.05, 3.63) is 24.3 Å². The van der Waals surface area contributed by atoms with Crippen LogP contribution in [0.1, 0.15) is 44.9 Å². The van der Waals surface area contributed by atoms with Gasteiger partial charge in [0.25, 0.3) is 0 Å². The zero-order chi connectivity index (χ0) is 18.9. The van der Waals surface area contributed by atoms with Gasteiger partial charge in [-0.3, -0.25) is 0 Å². The van der Waals surface area contributed by atoms with Gasteiger partial charge < -0.3 is 20.1 Å². The molecule has 148 valence electrons. The molecule has 0 amide bonds. The van der Waals surface area contributed by atoms with E-state index in [2.05, 4.69) is 0 Å². The predicted octanol–water partition coefficient (Wildman–Crippen LogP) is 3.14. The summed E-state index contributed by atoms with van der Waals surface area (Å²) in [6, 6.07) is 0. The van der Waals surface area contributed by atoms with Crippen LogP contribution in [0.5, 0.6) is 0 Å². The number of aliphatic hydroxyl groups excluding tert-OH is 2. The van der Waals surface area contributed by atoms with Gasteiger partial charge in [0, 0.05) is 11.3 Å². The van der Waals surface area contributed by atoms with E-state index in [-0.39, 0.29) is 30.4 Å². The van der Waals surface area contributed by atoms with Crippen LogP contribution in [0.4, 0.5) is 0 Å². The first-order valence-electron chi connectivity index (χ1n) is 9.62. The average Bonchev–Trinajstić information content (AvgIpc) is 2.89. The molecule has 0 aliphatic heterocycles. The number of ether oxygens (including phenoxy) is 1. The first-order valence-corrected chi connectivity index (χ1v) is 10.1. The van der Waals surface area contributed by atoms with Crippen LogP contribution in [-0.2, 0) is 9.53 Å². The third-order valence-electron chi connectivity index (χ3n) is 5.55. The Morgan fingerprint density at radius 2 is 1.96 bits per heavy atom. The van der Waals surface area contributed by atoms with Crippen molar-refractivity contribution < 1.29 is 24.9 Å². The summed E-state index contributed by atoms with van der Waals surface area (Å²) in [4.78, 5) is 10.4. The molecule has 5 atom stereocenters. The number of carbonyl (C=O) groups is 1. The summed E-state index contributed by atoms with van der Waals surface area (Å²) in [6.45, 7) is -0.0650. The maximum absolute atomic E-state index is 10.4. The van der Waals surface area contributed by atoms with Gasteiger partial charge in [-0.15, -0.1) is 11.6 Å². The number of hydrogen-bond donors (Lipinski definition) is 3. The fourth-order valence-corrected chi connectivity index (χ4v) is 4.53. The van der Waals surface area contributed by atoms with Gasteiger partial charge in [0.1, 0.15) is 6.61 Å². The molecular weight excluding hydrogens is 356 g/mol. The highest BCUT2D eigenvalue weighted by Gasteiger charge is 2.39. The lowest BCUT2D eigenvalue weighted by atomic mass is 9.84. The second-order valence-corrected chi connectivity index (χ2v) is 8.01. The Morgan fingerprint density at radius 1 is 1.23 bits per heavy atom. The molecule has 0 spiro atoms. The SMILES string of the molecule is O=C(O)COC/C=C\C[C@@H]1[C@@H](/C=C/C(O)C2CCCCC2)[C@H](O)C[C@@H]1Cl. The second kappa shape index (κ2) is 11.1. The van der Waals surface area contributed by atoms with E-state index in [0.29, 0.717) is 18.8 Å². The smallest absolute Gasteiger partial charge is 0.329 e. The molecule has 3 N–H and O–H groups in total. The fraction of sp³-hybridized carbons (Fsp3) is 0.750. The molecule has 1 unspecified atom stereocenters. The molecule has 0 radical (unpaired) electrons. The van der Waals surface area contributed by atoms with Crippen molar-refractivity contribution in [2.75, 3.05) is 13.2 Å². The number of carboxylic acids is 1. The molecule has 0 heterocycles. The zero-order valence-corrected chi connectivity index (χ0v) is 15.9. The lowest BCUT2D eigenvalue weighted by molar-refractivity contribution is -0.141. The van der Waals surface area contributed by atoms with Gasteiger partial charge in [-0.25, -0.2) is 4.79 Å². The van der Waals surface area contributed by atoms with E-state index in [1.807, 2.05) is 18.2 Å². The highest BCUT2D eigenvalue weighted by Crippen LogP contribution is 2.39. The van der Waals surface area contributed by atoms with Crippen LogP contribution < -0.4 is 0 Å². The molecule has 6 heteroatoms. The van der Waals surface area contributed by atoms with Crippen molar-refractivity contribution in [1.29, 1.82) is 0 Å². The molecule has 2 fully saturated rings. The second-order valence-electron chi connectivity index (χ2n) is 7.45. The maximum atomic E-state index is 10.4. The summed E-state index contributed by atoms with van der Waals surface area (Å²) in [5.41, 5.74) is 0. The minimum atomic E-state index is -0.986. The van der Waals surface area contributed by atoms with Crippen molar-refractivity contribution in [2.24, 2.45) is 17.8 Å². The lowest BCUT2D eigenvalue weighted by Crippen LogP contribution is -2.23. The average molecular weight is 387 g/mol. The molecule has 26 heavy (non-hydrogen) atoms. The van der Waals surface area contributed by atoms with Crippen molar-refractivity contribution >= 4 is 17.6 Å². The number of allylic oxidation sites excluding steroid dienone is 1. The Balaban J connectivity index is 1.84. The van der Waals surface area contributed by atoms with Gasteiger partial charge >= 0.3 is 5.97 Å². The largest absolute Gasteiger partial charge is 0.480 e. The van der Waals surface area contributed by atoms with Crippen LogP contribution in [0.2, 0.25) is 0 Å². The van der Waals surface area contributed by atoms with Gasteiger partial charge in [-0.2, -0.15) is 0 Å². The topological polar surface area (TPSA) is 87.0 Å². The lowest BCUT2D eigenvalue weighted by Gasteiger charge is -2.25. The fourth-order valence-electron chi connectivity index (χ4n) is 4.08. The van der Waals surface area contributed by atoms with Gasteiger partial charge in [-0.1, -0.05) is 43.6 Å². The van der Waals surface area contributed by atoms with Crippen LogP contribution in [-0.4, -0.2) is 52.1 Å². The molecule has 2 aliphatic rings. The summed E-state index contributed by atoms with van der Waals surface area (Å²) < 4.78 is 4.96. The number of aliphatic carboxylic acids is 1. The molecule has 5 nitrogen and oxygen atoms in total. The van der Waals surface area contributed by atoms with Crippen molar-refractivity contribution in [2.45, 2.75) is 62.5 Å². The number of halogens is 1. The van der Waals surface area contributed by atoms with Crippen molar-refractivity contribution in [3.8, 4) is 0 Å². The minimum Gasteiger partial charge on any atom is -0.480 e. The van der Waals surface area contributed by atoms with Crippen LogP contribution in [0.3, 0.4) is 0 Å². The number of hydrogen-bond acceptors (Lipinski definition) is 4. The van der Waals surface area contributed by atoms with Crippen LogP contribution in [0.15, 0.2) is 24.3 Å². The van der Waals surface area contributed by atoms with E-state index in [9.17, 15) is 15.0 Å². The maximum Gasteiger partial charge on any atom is 0.329 e.